The molecular formula is C23H28N4O4. The summed E-state index contributed by atoms with van der Waals surface area (Å²) >= 11 is 0. The zero-order chi connectivity index (χ0) is 21.8. The van der Waals surface area contributed by atoms with Gasteiger partial charge in [-0.15, -0.1) is 0 Å². The lowest BCUT2D eigenvalue weighted by atomic mass is 10.1. The minimum absolute atomic E-state index is 0.0346. The molecule has 0 bridgehead atoms. The van der Waals surface area contributed by atoms with E-state index in [1.54, 1.807) is 30.2 Å². The highest BCUT2D eigenvalue weighted by Crippen LogP contribution is 2.29. The molecule has 2 aliphatic heterocycles. The second-order valence-electron chi connectivity index (χ2n) is 7.83. The van der Waals surface area contributed by atoms with E-state index >= 15 is 0 Å². The van der Waals surface area contributed by atoms with Gasteiger partial charge in [-0.25, -0.2) is 4.79 Å². The number of carbonyl (C=O) groups is 2. The highest BCUT2D eigenvalue weighted by Gasteiger charge is 2.23. The first-order chi connectivity index (χ1) is 15.0. The van der Waals surface area contributed by atoms with Gasteiger partial charge in [0.25, 0.3) is 5.91 Å². The van der Waals surface area contributed by atoms with Gasteiger partial charge in [-0.1, -0.05) is 12.1 Å². The third-order valence-corrected chi connectivity index (χ3v) is 5.50. The molecule has 164 valence electrons. The van der Waals surface area contributed by atoms with Gasteiger partial charge >= 0.3 is 6.03 Å². The fourth-order valence-corrected chi connectivity index (χ4v) is 3.96. The van der Waals surface area contributed by atoms with Crippen LogP contribution < -0.4 is 25.0 Å². The van der Waals surface area contributed by atoms with Gasteiger partial charge in [0, 0.05) is 62.1 Å². The van der Waals surface area contributed by atoms with Crippen LogP contribution in [0, 0.1) is 0 Å². The second kappa shape index (κ2) is 9.26. The molecule has 0 aromatic heterocycles. The SMILES string of the molecule is COc1ccc2c(c1)OC(C)CN(CCNC(=O)c1cccc(N3CCNC3=O)c1)C2. The first kappa shape index (κ1) is 21.0. The highest BCUT2D eigenvalue weighted by atomic mass is 16.5. The summed E-state index contributed by atoms with van der Waals surface area (Å²) in [7, 11) is 1.65. The Hall–Kier alpha value is -3.26. The van der Waals surface area contributed by atoms with Gasteiger partial charge in [0.1, 0.15) is 17.6 Å². The van der Waals surface area contributed by atoms with E-state index in [0.717, 1.165) is 35.8 Å². The number of hydrogen-bond acceptors (Lipinski definition) is 5. The smallest absolute Gasteiger partial charge is 0.321 e. The number of methoxy groups -OCH3 is 1. The summed E-state index contributed by atoms with van der Waals surface area (Å²) < 4.78 is 11.3. The molecule has 0 radical (unpaired) electrons. The molecule has 8 heteroatoms. The van der Waals surface area contributed by atoms with Gasteiger partial charge < -0.3 is 20.1 Å². The van der Waals surface area contributed by atoms with Gasteiger partial charge in [0.15, 0.2) is 0 Å². The molecule has 1 fully saturated rings. The summed E-state index contributed by atoms with van der Waals surface area (Å²) in [5.74, 6) is 1.48. The molecule has 2 aliphatic rings. The van der Waals surface area contributed by atoms with Crippen LogP contribution in [0.1, 0.15) is 22.8 Å². The van der Waals surface area contributed by atoms with Crippen LogP contribution in [0.4, 0.5) is 10.5 Å². The number of rotatable bonds is 6. The van der Waals surface area contributed by atoms with E-state index in [0.29, 0.717) is 31.7 Å². The van der Waals surface area contributed by atoms with Crippen LogP contribution in [0.5, 0.6) is 11.5 Å². The summed E-state index contributed by atoms with van der Waals surface area (Å²) in [6, 6.07) is 12.9. The number of ether oxygens (including phenoxy) is 2. The van der Waals surface area contributed by atoms with E-state index in [-0.39, 0.29) is 18.0 Å². The van der Waals surface area contributed by atoms with Crippen LogP contribution >= 0.6 is 0 Å². The van der Waals surface area contributed by atoms with Crippen molar-refractivity contribution < 1.29 is 19.1 Å². The predicted molar refractivity (Wildman–Crippen MR) is 118 cm³/mol. The maximum absolute atomic E-state index is 12.6. The van der Waals surface area contributed by atoms with Crippen LogP contribution in [0.15, 0.2) is 42.5 Å². The number of nitrogens with one attached hydrogen (secondary N) is 2. The molecule has 3 amide bonds. The quantitative estimate of drug-likeness (QED) is 0.743. The Balaban J connectivity index is 1.34. The Bertz CT molecular complexity index is 964. The first-order valence-corrected chi connectivity index (χ1v) is 10.5. The Kier molecular flexibility index (Phi) is 6.27. The van der Waals surface area contributed by atoms with Crippen LogP contribution in [-0.4, -0.2) is 62.8 Å². The standard InChI is InChI=1S/C23H28N4O4/c1-16-14-26(15-18-6-7-20(30-2)13-21(18)31-16)10-8-24-22(28)17-4-3-5-19(12-17)27-11-9-25-23(27)29/h3-7,12-13,16H,8-11,14-15H2,1-2H3,(H,24,28)(H,25,29). The van der Waals surface area contributed by atoms with Gasteiger partial charge in [-0.2, -0.15) is 0 Å². The van der Waals surface area contributed by atoms with Gasteiger partial charge in [-0.05, 0) is 31.2 Å². The molecule has 2 aromatic carbocycles. The van der Waals surface area contributed by atoms with Crippen molar-refractivity contribution in [2.45, 2.75) is 19.6 Å². The molecule has 2 aromatic rings. The number of fused-ring (bicyclic) bond motifs is 1. The number of anilines is 1. The predicted octanol–water partition coefficient (Wildman–Crippen LogP) is 2.24. The number of amides is 3. The van der Waals surface area contributed by atoms with Gasteiger partial charge in [-0.3, -0.25) is 14.6 Å². The fraction of sp³-hybridized carbons (Fsp3) is 0.391. The first-order valence-electron chi connectivity index (χ1n) is 10.5. The van der Waals surface area contributed by atoms with E-state index in [9.17, 15) is 9.59 Å². The topological polar surface area (TPSA) is 83.1 Å². The van der Waals surface area contributed by atoms with Gasteiger partial charge in [0.2, 0.25) is 0 Å². The van der Waals surface area contributed by atoms with Crippen molar-refractivity contribution in [3.8, 4) is 11.5 Å². The van der Waals surface area contributed by atoms with E-state index < -0.39 is 0 Å². The molecule has 0 aliphatic carbocycles. The summed E-state index contributed by atoms with van der Waals surface area (Å²) in [6.07, 6.45) is 0.0346. The summed E-state index contributed by atoms with van der Waals surface area (Å²) in [6.45, 7) is 6.01. The Morgan fingerprint density at radius 1 is 1.29 bits per heavy atom. The molecular weight excluding hydrogens is 396 g/mol. The van der Waals surface area contributed by atoms with Crippen molar-refractivity contribution >= 4 is 17.6 Å². The van der Waals surface area contributed by atoms with E-state index in [1.165, 1.54) is 0 Å². The molecule has 2 N–H and O–H groups in total. The molecule has 1 saturated heterocycles. The summed E-state index contributed by atoms with van der Waals surface area (Å²) in [4.78, 5) is 28.4. The minimum Gasteiger partial charge on any atom is -0.497 e. The summed E-state index contributed by atoms with van der Waals surface area (Å²) in [5.41, 5.74) is 2.38. The van der Waals surface area contributed by atoms with Crippen LogP contribution in [0.3, 0.4) is 0 Å². The molecule has 4 rings (SSSR count). The molecule has 31 heavy (non-hydrogen) atoms. The van der Waals surface area contributed by atoms with Crippen molar-refractivity contribution in [3.63, 3.8) is 0 Å². The second-order valence-corrected chi connectivity index (χ2v) is 7.83. The van der Waals surface area contributed by atoms with Crippen molar-refractivity contribution in [1.29, 1.82) is 0 Å². The Morgan fingerprint density at radius 3 is 2.94 bits per heavy atom. The fourth-order valence-electron chi connectivity index (χ4n) is 3.96. The lowest BCUT2D eigenvalue weighted by molar-refractivity contribution is 0.0944. The monoisotopic (exact) mass is 424 g/mol. The maximum Gasteiger partial charge on any atom is 0.321 e. The number of hydrogen-bond donors (Lipinski definition) is 2. The lowest BCUT2D eigenvalue weighted by Gasteiger charge is -2.22. The zero-order valence-electron chi connectivity index (χ0n) is 17.9. The molecule has 1 unspecified atom stereocenters. The lowest BCUT2D eigenvalue weighted by Crippen LogP contribution is -2.37. The maximum atomic E-state index is 12.6. The van der Waals surface area contributed by atoms with Crippen molar-refractivity contribution in [1.82, 2.24) is 15.5 Å². The average Bonchev–Trinajstić information content (AvgIpc) is 3.13. The number of carbonyl (C=O) groups excluding carboxylic acids is 2. The van der Waals surface area contributed by atoms with Crippen LogP contribution in [0.2, 0.25) is 0 Å². The number of benzene rings is 2. The molecule has 0 spiro atoms. The van der Waals surface area contributed by atoms with Crippen LogP contribution in [-0.2, 0) is 6.54 Å². The number of urea groups is 1. The largest absolute Gasteiger partial charge is 0.497 e. The molecule has 8 nitrogen and oxygen atoms in total. The molecule has 1 atom stereocenters. The molecule has 2 heterocycles. The summed E-state index contributed by atoms with van der Waals surface area (Å²) in [5, 5.41) is 5.77. The van der Waals surface area contributed by atoms with Crippen molar-refractivity contribution in [3.05, 3.63) is 53.6 Å². The zero-order valence-corrected chi connectivity index (χ0v) is 17.9. The van der Waals surface area contributed by atoms with E-state index in [4.69, 9.17) is 9.47 Å². The molecule has 0 saturated carbocycles. The Labute approximate surface area is 182 Å². The van der Waals surface area contributed by atoms with Crippen LogP contribution in [0.25, 0.3) is 0 Å². The highest BCUT2D eigenvalue weighted by molar-refractivity contribution is 5.98. The number of nitrogens with zero attached hydrogens (tertiary/aromatic N) is 2. The minimum atomic E-state index is -0.147. The third kappa shape index (κ3) is 4.91. The van der Waals surface area contributed by atoms with Gasteiger partial charge in [0.05, 0.1) is 7.11 Å². The van der Waals surface area contributed by atoms with E-state index in [2.05, 4.69) is 15.5 Å². The Morgan fingerprint density at radius 2 is 2.16 bits per heavy atom. The normalized spacial score (nSPS) is 18.6. The third-order valence-electron chi connectivity index (χ3n) is 5.50. The van der Waals surface area contributed by atoms with Crippen molar-refractivity contribution in [2.75, 3.05) is 44.7 Å². The van der Waals surface area contributed by atoms with Crippen molar-refractivity contribution in [2.24, 2.45) is 0 Å². The van der Waals surface area contributed by atoms with E-state index in [1.807, 2.05) is 31.2 Å². The average molecular weight is 425 g/mol.